The molecule has 2 aliphatic heterocycles. The Labute approximate surface area is 211 Å². The molecule has 0 saturated carbocycles. The van der Waals surface area contributed by atoms with Crippen molar-refractivity contribution in [3.05, 3.63) is 54.9 Å². The summed E-state index contributed by atoms with van der Waals surface area (Å²) in [6.07, 6.45) is 6.79. The first-order chi connectivity index (χ1) is 17.8. The van der Waals surface area contributed by atoms with E-state index in [9.17, 15) is 4.79 Å². The number of benzene rings is 1. The Kier molecular flexibility index (Phi) is 7.85. The van der Waals surface area contributed by atoms with Crippen LogP contribution in [0, 0.1) is 5.92 Å². The smallest absolute Gasteiger partial charge is 0.223 e. The van der Waals surface area contributed by atoms with Gasteiger partial charge in [-0.15, -0.1) is 10.2 Å². The Bertz CT molecular complexity index is 1110. The normalized spacial score (nSPS) is 16.6. The van der Waals surface area contributed by atoms with Crippen molar-refractivity contribution in [1.82, 2.24) is 25.5 Å². The summed E-state index contributed by atoms with van der Waals surface area (Å²) in [6, 6.07) is 15.9. The van der Waals surface area contributed by atoms with Gasteiger partial charge in [-0.2, -0.15) is 0 Å². The average molecular weight is 488 g/mol. The number of hydrogen-bond acceptors (Lipinski definition) is 8. The van der Waals surface area contributed by atoms with Gasteiger partial charge >= 0.3 is 0 Å². The molecule has 36 heavy (non-hydrogen) atoms. The van der Waals surface area contributed by atoms with E-state index < -0.39 is 0 Å². The zero-order chi connectivity index (χ0) is 24.6. The lowest BCUT2D eigenvalue weighted by atomic mass is 9.96. The van der Waals surface area contributed by atoms with Crippen LogP contribution in [0.4, 0.5) is 11.6 Å². The number of aromatic nitrogens is 4. The number of hydrogen-bond donors (Lipinski definition) is 1. The average Bonchev–Trinajstić information content (AvgIpc) is 2.96. The third-order valence-electron chi connectivity index (χ3n) is 6.87. The summed E-state index contributed by atoms with van der Waals surface area (Å²) < 4.78 is 5.78. The summed E-state index contributed by atoms with van der Waals surface area (Å²) >= 11 is 0. The number of amides is 1. The van der Waals surface area contributed by atoms with Crippen LogP contribution in [0.2, 0.25) is 0 Å². The molecule has 0 bridgehead atoms. The predicted octanol–water partition coefficient (Wildman–Crippen LogP) is 3.34. The van der Waals surface area contributed by atoms with Crippen molar-refractivity contribution >= 4 is 17.5 Å². The monoisotopic (exact) mass is 487 g/mol. The van der Waals surface area contributed by atoms with Crippen LogP contribution in [0.3, 0.4) is 0 Å². The van der Waals surface area contributed by atoms with Crippen molar-refractivity contribution in [2.75, 3.05) is 49.1 Å². The predicted molar refractivity (Wildman–Crippen MR) is 139 cm³/mol. The lowest BCUT2D eigenvalue weighted by Crippen LogP contribution is -2.41. The Balaban J connectivity index is 1.03. The fourth-order valence-electron chi connectivity index (χ4n) is 4.81. The Hall–Kier alpha value is -3.75. The van der Waals surface area contributed by atoms with Gasteiger partial charge in [-0.05, 0) is 44.2 Å². The van der Waals surface area contributed by atoms with E-state index in [1.165, 1.54) is 19.3 Å². The second-order valence-electron chi connectivity index (χ2n) is 9.31. The van der Waals surface area contributed by atoms with Gasteiger partial charge in [0, 0.05) is 43.7 Å². The molecule has 2 aliphatic rings. The standard InChI is InChI=1S/C27H33N7O2/c35-27(28-13-18-36-26-19-25(29-20-30-26)33-14-5-2-6-15-33)22-11-16-34(17-12-22)24-10-9-23(31-32-24)21-7-3-1-4-8-21/h1,3-4,7-10,19-20,22H,2,5-6,11-18H2,(H,28,35). The number of carbonyl (C=O) groups excluding carboxylic acids is 1. The van der Waals surface area contributed by atoms with Crippen molar-refractivity contribution in [3.63, 3.8) is 0 Å². The third kappa shape index (κ3) is 6.08. The van der Waals surface area contributed by atoms with Crippen LogP contribution in [0.1, 0.15) is 32.1 Å². The first-order valence-corrected chi connectivity index (χ1v) is 12.9. The first-order valence-electron chi connectivity index (χ1n) is 12.9. The highest BCUT2D eigenvalue weighted by atomic mass is 16.5. The van der Waals surface area contributed by atoms with E-state index in [2.05, 4.69) is 35.3 Å². The second kappa shape index (κ2) is 11.8. The van der Waals surface area contributed by atoms with Gasteiger partial charge in [-0.25, -0.2) is 9.97 Å². The molecule has 3 aromatic rings. The summed E-state index contributed by atoms with van der Waals surface area (Å²) in [5, 5.41) is 11.8. The van der Waals surface area contributed by atoms with Gasteiger partial charge in [0.25, 0.3) is 0 Å². The fourth-order valence-corrected chi connectivity index (χ4v) is 4.81. The van der Waals surface area contributed by atoms with Gasteiger partial charge in [-0.1, -0.05) is 30.3 Å². The van der Waals surface area contributed by atoms with Crippen LogP contribution in [0.15, 0.2) is 54.9 Å². The van der Waals surface area contributed by atoms with E-state index in [1.54, 1.807) is 6.33 Å². The van der Waals surface area contributed by atoms with Crippen molar-refractivity contribution < 1.29 is 9.53 Å². The molecule has 1 N–H and O–H groups in total. The van der Waals surface area contributed by atoms with Crippen molar-refractivity contribution in [3.8, 4) is 17.1 Å². The van der Waals surface area contributed by atoms with Crippen LogP contribution in [0.5, 0.6) is 5.88 Å². The van der Waals surface area contributed by atoms with Crippen molar-refractivity contribution in [2.24, 2.45) is 5.92 Å². The van der Waals surface area contributed by atoms with E-state index in [1.807, 2.05) is 48.5 Å². The van der Waals surface area contributed by atoms with Crippen LogP contribution in [-0.2, 0) is 4.79 Å². The molecule has 1 aromatic carbocycles. The number of ether oxygens (including phenoxy) is 1. The maximum Gasteiger partial charge on any atom is 0.223 e. The summed E-state index contributed by atoms with van der Waals surface area (Å²) in [7, 11) is 0. The highest BCUT2D eigenvalue weighted by Gasteiger charge is 2.25. The van der Waals surface area contributed by atoms with Gasteiger partial charge in [0.05, 0.1) is 12.2 Å². The maximum absolute atomic E-state index is 12.7. The number of nitrogens with one attached hydrogen (secondary N) is 1. The molecule has 9 nitrogen and oxygen atoms in total. The summed E-state index contributed by atoms with van der Waals surface area (Å²) in [5.41, 5.74) is 1.92. The number of piperidine rings is 2. The molecule has 2 saturated heterocycles. The molecule has 0 aliphatic carbocycles. The zero-order valence-corrected chi connectivity index (χ0v) is 20.6. The largest absolute Gasteiger partial charge is 0.476 e. The lowest BCUT2D eigenvalue weighted by Gasteiger charge is -2.31. The Morgan fingerprint density at radius 3 is 2.42 bits per heavy atom. The van der Waals surface area contributed by atoms with E-state index >= 15 is 0 Å². The topological polar surface area (TPSA) is 96.4 Å². The SMILES string of the molecule is O=C(NCCOc1cc(N2CCCCC2)ncn1)C1CCN(c2ccc(-c3ccccc3)nn2)CC1. The number of nitrogens with zero attached hydrogens (tertiary/aromatic N) is 6. The maximum atomic E-state index is 12.7. The molecular weight excluding hydrogens is 454 g/mol. The van der Waals surface area contributed by atoms with E-state index in [4.69, 9.17) is 4.74 Å². The molecule has 1 amide bonds. The van der Waals surface area contributed by atoms with Gasteiger partial charge in [-0.3, -0.25) is 4.79 Å². The van der Waals surface area contributed by atoms with Crippen molar-refractivity contribution in [1.29, 1.82) is 0 Å². The van der Waals surface area contributed by atoms with Gasteiger partial charge in [0.1, 0.15) is 18.8 Å². The van der Waals surface area contributed by atoms with Gasteiger partial charge < -0.3 is 19.9 Å². The van der Waals surface area contributed by atoms with E-state index in [-0.39, 0.29) is 11.8 Å². The minimum absolute atomic E-state index is 0.00237. The molecule has 0 spiro atoms. The molecule has 0 atom stereocenters. The molecule has 4 heterocycles. The highest BCUT2D eigenvalue weighted by Crippen LogP contribution is 2.24. The third-order valence-corrected chi connectivity index (χ3v) is 6.87. The fraction of sp³-hybridized carbons (Fsp3) is 0.444. The number of rotatable bonds is 8. The quantitative estimate of drug-likeness (QED) is 0.484. The Morgan fingerprint density at radius 1 is 0.889 bits per heavy atom. The zero-order valence-electron chi connectivity index (χ0n) is 20.6. The molecule has 0 unspecified atom stereocenters. The molecule has 0 radical (unpaired) electrons. The van der Waals surface area contributed by atoms with Gasteiger partial charge in [0.2, 0.25) is 11.8 Å². The Morgan fingerprint density at radius 2 is 1.67 bits per heavy atom. The molecule has 5 rings (SSSR count). The van der Waals surface area contributed by atoms with E-state index in [0.717, 1.165) is 61.9 Å². The van der Waals surface area contributed by atoms with Crippen LogP contribution in [-0.4, -0.2) is 65.4 Å². The molecular formula is C27H33N7O2. The summed E-state index contributed by atoms with van der Waals surface area (Å²) in [5.74, 6) is 2.40. The van der Waals surface area contributed by atoms with E-state index in [0.29, 0.717) is 19.0 Å². The highest BCUT2D eigenvalue weighted by molar-refractivity contribution is 5.79. The number of carbonyl (C=O) groups is 1. The minimum Gasteiger partial charge on any atom is -0.476 e. The lowest BCUT2D eigenvalue weighted by molar-refractivity contribution is -0.125. The molecule has 9 heteroatoms. The van der Waals surface area contributed by atoms with Gasteiger partial charge in [0.15, 0.2) is 5.82 Å². The first kappa shape index (κ1) is 24.0. The van der Waals surface area contributed by atoms with Crippen LogP contribution >= 0.6 is 0 Å². The second-order valence-corrected chi connectivity index (χ2v) is 9.31. The summed E-state index contributed by atoms with van der Waals surface area (Å²) in [4.78, 5) is 25.7. The van der Waals surface area contributed by atoms with Crippen molar-refractivity contribution in [2.45, 2.75) is 32.1 Å². The number of anilines is 2. The van der Waals surface area contributed by atoms with Crippen LogP contribution < -0.4 is 19.9 Å². The minimum atomic E-state index is 0.00237. The molecule has 2 fully saturated rings. The summed E-state index contributed by atoms with van der Waals surface area (Å²) in [6.45, 7) is 4.45. The molecule has 188 valence electrons. The van der Waals surface area contributed by atoms with Crippen LogP contribution in [0.25, 0.3) is 11.3 Å². The molecule has 2 aromatic heterocycles.